The summed E-state index contributed by atoms with van der Waals surface area (Å²) in [4.78, 5) is 1.17. The van der Waals surface area contributed by atoms with Crippen LogP contribution in [0.3, 0.4) is 0 Å². The van der Waals surface area contributed by atoms with Crippen molar-refractivity contribution in [1.29, 1.82) is 0 Å². The first-order chi connectivity index (χ1) is 8.18. The van der Waals surface area contributed by atoms with Gasteiger partial charge in [-0.1, -0.05) is 52.5 Å². The number of hydrogen-bond donors (Lipinski definition) is 1. The molecule has 0 fully saturated rings. The van der Waals surface area contributed by atoms with E-state index in [1.807, 2.05) is 18.2 Å². The number of hydrogen-bond acceptors (Lipinski definition) is 4. The van der Waals surface area contributed by atoms with Gasteiger partial charge < -0.3 is 5.32 Å². The topological polar surface area (TPSA) is 37.8 Å². The van der Waals surface area contributed by atoms with E-state index in [0.717, 1.165) is 22.3 Å². The molecule has 1 N–H and O–H groups in total. The van der Waals surface area contributed by atoms with E-state index in [0.29, 0.717) is 6.04 Å². The van der Waals surface area contributed by atoms with Gasteiger partial charge in [0, 0.05) is 22.6 Å². The highest BCUT2D eigenvalue weighted by atomic mass is 79.9. The molecule has 0 spiro atoms. The van der Waals surface area contributed by atoms with Gasteiger partial charge in [-0.2, -0.15) is 0 Å². The lowest BCUT2D eigenvalue weighted by Gasteiger charge is -2.07. The molecule has 0 aliphatic rings. The lowest BCUT2D eigenvalue weighted by molar-refractivity contribution is 0.593. The first kappa shape index (κ1) is 12.7. The van der Waals surface area contributed by atoms with Gasteiger partial charge in [-0.05, 0) is 17.6 Å². The van der Waals surface area contributed by atoms with E-state index < -0.39 is 0 Å². The molecule has 2 rings (SSSR count). The molecule has 2 aromatic rings. The fourth-order valence-electron chi connectivity index (χ4n) is 1.48. The normalized spacial score (nSPS) is 11.1. The zero-order chi connectivity index (χ0) is 12.3. The van der Waals surface area contributed by atoms with Crippen molar-refractivity contribution in [3.63, 3.8) is 0 Å². The summed E-state index contributed by atoms with van der Waals surface area (Å²) in [6.45, 7) is 5.07. The van der Waals surface area contributed by atoms with E-state index in [2.05, 4.69) is 50.7 Å². The lowest BCUT2D eigenvalue weighted by Crippen LogP contribution is -2.21. The summed E-state index contributed by atoms with van der Waals surface area (Å²) < 4.78 is 5.10. The second-order valence-corrected chi connectivity index (χ2v) is 5.75. The molecule has 1 heterocycles. The van der Waals surface area contributed by atoms with Crippen molar-refractivity contribution in [3.05, 3.63) is 33.6 Å². The molecule has 90 valence electrons. The van der Waals surface area contributed by atoms with Crippen LogP contribution in [-0.2, 0) is 6.54 Å². The summed E-state index contributed by atoms with van der Waals surface area (Å²) >= 11 is 5.00. The Morgan fingerprint density at radius 3 is 2.82 bits per heavy atom. The molecule has 17 heavy (non-hydrogen) atoms. The average molecular weight is 312 g/mol. The average Bonchev–Trinajstić information content (AvgIpc) is 2.75. The molecular formula is C12H14BrN3S. The van der Waals surface area contributed by atoms with Crippen molar-refractivity contribution in [2.45, 2.75) is 26.4 Å². The van der Waals surface area contributed by atoms with Gasteiger partial charge in [-0.3, -0.25) is 0 Å². The van der Waals surface area contributed by atoms with Crippen LogP contribution in [0.25, 0.3) is 11.3 Å². The standard InChI is InChI=1S/C12H14BrN3S/c1-8(2)14-7-11-12(15-16-17-11)9-5-3-4-6-10(9)13/h3-6,8,14H,7H2,1-2H3. The summed E-state index contributed by atoms with van der Waals surface area (Å²) in [5, 5.41) is 7.62. The highest BCUT2D eigenvalue weighted by Crippen LogP contribution is 2.30. The van der Waals surface area contributed by atoms with Crippen LogP contribution in [0, 0.1) is 0 Å². The zero-order valence-corrected chi connectivity index (χ0v) is 12.2. The smallest absolute Gasteiger partial charge is 0.111 e. The zero-order valence-electron chi connectivity index (χ0n) is 9.77. The summed E-state index contributed by atoms with van der Waals surface area (Å²) in [6, 6.07) is 8.55. The van der Waals surface area contributed by atoms with Gasteiger partial charge in [0.05, 0.1) is 4.88 Å². The van der Waals surface area contributed by atoms with Crippen molar-refractivity contribution in [3.8, 4) is 11.3 Å². The van der Waals surface area contributed by atoms with Crippen molar-refractivity contribution in [2.24, 2.45) is 0 Å². The Morgan fingerprint density at radius 2 is 2.12 bits per heavy atom. The predicted octanol–water partition coefficient (Wildman–Crippen LogP) is 3.47. The maximum absolute atomic E-state index is 4.22. The van der Waals surface area contributed by atoms with Crippen LogP contribution in [0.1, 0.15) is 18.7 Å². The largest absolute Gasteiger partial charge is 0.310 e. The predicted molar refractivity (Wildman–Crippen MR) is 75.0 cm³/mol. The number of aromatic nitrogens is 2. The fraction of sp³-hybridized carbons (Fsp3) is 0.333. The second kappa shape index (κ2) is 5.71. The van der Waals surface area contributed by atoms with Crippen molar-refractivity contribution >= 4 is 27.5 Å². The molecule has 1 aromatic carbocycles. The molecule has 0 aliphatic carbocycles. The third-order valence-electron chi connectivity index (χ3n) is 2.36. The van der Waals surface area contributed by atoms with Gasteiger partial charge in [0.1, 0.15) is 5.69 Å². The highest BCUT2D eigenvalue weighted by Gasteiger charge is 2.12. The second-order valence-electron chi connectivity index (χ2n) is 4.06. The molecule has 0 unspecified atom stereocenters. The summed E-state index contributed by atoms with van der Waals surface area (Å²) in [6.07, 6.45) is 0. The van der Waals surface area contributed by atoms with Crippen LogP contribution in [-0.4, -0.2) is 15.6 Å². The van der Waals surface area contributed by atoms with Crippen LogP contribution in [0.4, 0.5) is 0 Å². The summed E-state index contributed by atoms with van der Waals surface area (Å²) in [5.74, 6) is 0. The molecule has 0 amide bonds. The number of nitrogens with zero attached hydrogens (tertiary/aromatic N) is 2. The molecule has 0 radical (unpaired) electrons. The van der Waals surface area contributed by atoms with Gasteiger partial charge in [-0.25, -0.2) is 0 Å². The number of rotatable bonds is 4. The minimum absolute atomic E-state index is 0.462. The molecule has 0 atom stereocenters. The Morgan fingerprint density at radius 1 is 1.35 bits per heavy atom. The van der Waals surface area contributed by atoms with E-state index in [1.54, 1.807) is 0 Å². The van der Waals surface area contributed by atoms with Crippen LogP contribution in [0.5, 0.6) is 0 Å². The number of benzene rings is 1. The molecule has 0 saturated heterocycles. The molecule has 3 nitrogen and oxygen atoms in total. The summed E-state index contributed by atoms with van der Waals surface area (Å²) in [5.41, 5.74) is 2.07. The van der Waals surface area contributed by atoms with Gasteiger partial charge >= 0.3 is 0 Å². The first-order valence-electron chi connectivity index (χ1n) is 5.48. The lowest BCUT2D eigenvalue weighted by atomic mass is 10.1. The van der Waals surface area contributed by atoms with Gasteiger partial charge in [0.25, 0.3) is 0 Å². The molecule has 1 aromatic heterocycles. The Hall–Kier alpha value is -0.780. The Bertz CT molecular complexity index is 496. The molecule has 0 aliphatic heterocycles. The van der Waals surface area contributed by atoms with Crippen LogP contribution >= 0.6 is 27.5 Å². The molecule has 0 bridgehead atoms. The SMILES string of the molecule is CC(C)NCc1snnc1-c1ccccc1Br. The minimum atomic E-state index is 0.462. The summed E-state index contributed by atoms with van der Waals surface area (Å²) in [7, 11) is 0. The van der Waals surface area contributed by atoms with E-state index in [-0.39, 0.29) is 0 Å². The van der Waals surface area contributed by atoms with Gasteiger partial charge in [-0.15, -0.1) is 5.10 Å². The number of nitrogens with one attached hydrogen (secondary N) is 1. The first-order valence-corrected chi connectivity index (χ1v) is 7.04. The highest BCUT2D eigenvalue weighted by molar-refractivity contribution is 9.10. The minimum Gasteiger partial charge on any atom is -0.310 e. The van der Waals surface area contributed by atoms with E-state index in [9.17, 15) is 0 Å². The van der Waals surface area contributed by atoms with Crippen LogP contribution < -0.4 is 5.32 Å². The van der Waals surface area contributed by atoms with E-state index >= 15 is 0 Å². The molecular weight excluding hydrogens is 298 g/mol. The van der Waals surface area contributed by atoms with Crippen LogP contribution in [0.15, 0.2) is 28.7 Å². The Labute approximate surface area is 114 Å². The quantitative estimate of drug-likeness (QED) is 0.939. The van der Waals surface area contributed by atoms with Crippen molar-refractivity contribution in [2.75, 3.05) is 0 Å². The van der Waals surface area contributed by atoms with Crippen molar-refractivity contribution in [1.82, 2.24) is 14.9 Å². The monoisotopic (exact) mass is 311 g/mol. The van der Waals surface area contributed by atoms with Crippen LogP contribution in [0.2, 0.25) is 0 Å². The van der Waals surface area contributed by atoms with E-state index in [1.165, 1.54) is 16.4 Å². The van der Waals surface area contributed by atoms with E-state index in [4.69, 9.17) is 0 Å². The molecule has 5 heteroatoms. The maximum atomic E-state index is 4.22. The third-order valence-corrected chi connectivity index (χ3v) is 3.77. The maximum Gasteiger partial charge on any atom is 0.111 e. The Balaban J connectivity index is 2.28. The number of halogens is 1. The van der Waals surface area contributed by atoms with Gasteiger partial charge in [0.15, 0.2) is 0 Å². The Kier molecular flexibility index (Phi) is 4.25. The van der Waals surface area contributed by atoms with Crippen molar-refractivity contribution < 1.29 is 0 Å². The fourth-order valence-corrected chi connectivity index (χ4v) is 2.56. The third kappa shape index (κ3) is 3.12. The molecule has 0 saturated carbocycles. The van der Waals surface area contributed by atoms with Gasteiger partial charge in [0.2, 0.25) is 0 Å².